The van der Waals surface area contributed by atoms with Gasteiger partial charge >= 0.3 is 6.18 Å². The van der Waals surface area contributed by atoms with Crippen LogP contribution in [0.5, 0.6) is 0 Å². The molecule has 19 heavy (non-hydrogen) atoms. The molecule has 2 rings (SSSR count). The Labute approximate surface area is 112 Å². The van der Waals surface area contributed by atoms with Crippen LogP contribution in [0, 0.1) is 0 Å². The summed E-state index contributed by atoms with van der Waals surface area (Å²) in [4.78, 5) is 0. The van der Waals surface area contributed by atoms with Crippen LogP contribution in [0.25, 0.3) is 0 Å². The third-order valence-corrected chi connectivity index (χ3v) is 4.67. The van der Waals surface area contributed by atoms with Crippen LogP contribution in [0.15, 0.2) is 0 Å². The normalized spacial score (nSPS) is 35.1. The molecule has 2 aliphatic rings. The first-order valence-electron chi connectivity index (χ1n) is 7.46. The third kappa shape index (κ3) is 3.85. The van der Waals surface area contributed by atoms with Crippen molar-refractivity contribution in [3.8, 4) is 0 Å². The van der Waals surface area contributed by atoms with E-state index in [9.17, 15) is 18.3 Å². The molecular weight excluding hydrogens is 255 g/mol. The maximum absolute atomic E-state index is 12.7. The number of nitrogens with one attached hydrogen (secondary N) is 1. The number of hydrogen-bond donors (Lipinski definition) is 2. The van der Waals surface area contributed by atoms with Crippen molar-refractivity contribution in [1.82, 2.24) is 5.32 Å². The van der Waals surface area contributed by atoms with E-state index in [1.807, 2.05) is 0 Å². The van der Waals surface area contributed by atoms with Crippen LogP contribution in [0.3, 0.4) is 0 Å². The summed E-state index contributed by atoms with van der Waals surface area (Å²) < 4.78 is 38.1. The lowest BCUT2D eigenvalue weighted by Gasteiger charge is -2.38. The minimum atomic E-state index is -4.49. The second-order valence-electron chi connectivity index (χ2n) is 6.16. The molecule has 112 valence electrons. The summed E-state index contributed by atoms with van der Waals surface area (Å²) in [6.45, 7) is 0. The van der Waals surface area contributed by atoms with Crippen molar-refractivity contribution >= 4 is 0 Å². The van der Waals surface area contributed by atoms with Gasteiger partial charge in [-0.2, -0.15) is 13.2 Å². The number of rotatable bonds is 2. The minimum Gasteiger partial charge on any atom is -0.380 e. The van der Waals surface area contributed by atoms with Crippen molar-refractivity contribution < 1.29 is 18.3 Å². The lowest BCUT2D eigenvalue weighted by molar-refractivity contribution is -0.270. The van der Waals surface area contributed by atoms with Crippen LogP contribution in [0.1, 0.15) is 64.2 Å². The monoisotopic (exact) mass is 279 g/mol. The van der Waals surface area contributed by atoms with Crippen molar-refractivity contribution in [2.75, 3.05) is 0 Å². The average molecular weight is 279 g/mol. The van der Waals surface area contributed by atoms with Crippen LogP contribution < -0.4 is 5.32 Å². The summed E-state index contributed by atoms with van der Waals surface area (Å²) in [6.07, 6.45) is 3.29. The van der Waals surface area contributed by atoms with E-state index in [2.05, 4.69) is 5.32 Å². The van der Waals surface area contributed by atoms with Gasteiger partial charge in [0.25, 0.3) is 0 Å². The standard InChI is InChI=1S/C14H24F3NO/c15-14(16,17)13(19)9-7-12(8-10-13)18-11-5-3-1-2-4-6-11/h11-12,18-19H,1-10H2. The Morgan fingerprint density at radius 3 is 1.79 bits per heavy atom. The minimum absolute atomic E-state index is 0.144. The summed E-state index contributed by atoms with van der Waals surface area (Å²) in [5.41, 5.74) is -2.45. The first-order chi connectivity index (χ1) is 8.91. The van der Waals surface area contributed by atoms with E-state index in [1.54, 1.807) is 0 Å². The molecule has 2 aliphatic carbocycles. The highest BCUT2D eigenvalue weighted by Crippen LogP contribution is 2.41. The fraction of sp³-hybridized carbons (Fsp3) is 1.00. The van der Waals surface area contributed by atoms with Gasteiger partial charge in [-0.3, -0.25) is 0 Å². The van der Waals surface area contributed by atoms with Crippen molar-refractivity contribution in [1.29, 1.82) is 0 Å². The Balaban J connectivity index is 1.80. The molecule has 0 amide bonds. The molecule has 2 fully saturated rings. The summed E-state index contributed by atoms with van der Waals surface area (Å²) in [7, 11) is 0. The average Bonchev–Trinajstić information content (AvgIpc) is 2.59. The molecule has 2 saturated carbocycles. The highest BCUT2D eigenvalue weighted by atomic mass is 19.4. The summed E-state index contributed by atoms with van der Waals surface area (Å²) in [5, 5.41) is 13.1. The maximum Gasteiger partial charge on any atom is 0.417 e. The number of halogens is 3. The summed E-state index contributed by atoms with van der Waals surface area (Å²) in [5.74, 6) is 0. The van der Waals surface area contributed by atoms with E-state index in [4.69, 9.17) is 0 Å². The fourth-order valence-electron chi connectivity index (χ4n) is 3.32. The predicted octanol–water partition coefficient (Wildman–Crippen LogP) is 3.53. The van der Waals surface area contributed by atoms with E-state index in [0.29, 0.717) is 18.9 Å². The SMILES string of the molecule is OC1(C(F)(F)F)CCC(NC2CCCCCC2)CC1. The van der Waals surface area contributed by atoms with Crippen molar-refractivity contribution in [3.05, 3.63) is 0 Å². The third-order valence-electron chi connectivity index (χ3n) is 4.67. The van der Waals surface area contributed by atoms with E-state index in [1.165, 1.54) is 25.7 Å². The van der Waals surface area contributed by atoms with Crippen LogP contribution in [0.2, 0.25) is 0 Å². The Kier molecular flexibility index (Phi) is 4.77. The molecule has 0 radical (unpaired) electrons. The van der Waals surface area contributed by atoms with E-state index in [-0.39, 0.29) is 18.9 Å². The van der Waals surface area contributed by atoms with Gasteiger partial charge < -0.3 is 10.4 Å². The topological polar surface area (TPSA) is 32.3 Å². The molecular formula is C14H24F3NO. The fourth-order valence-corrected chi connectivity index (χ4v) is 3.32. The highest BCUT2D eigenvalue weighted by molar-refractivity contribution is 4.94. The van der Waals surface area contributed by atoms with Gasteiger partial charge in [0.05, 0.1) is 0 Å². The van der Waals surface area contributed by atoms with E-state index in [0.717, 1.165) is 12.8 Å². The van der Waals surface area contributed by atoms with Gasteiger partial charge in [-0.15, -0.1) is 0 Å². The van der Waals surface area contributed by atoms with Crippen molar-refractivity contribution in [2.24, 2.45) is 0 Å². The quantitative estimate of drug-likeness (QED) is 0.758. The van der Waals surface area contributed by atoms with Crippen LogP contribution in [-0.4, -0.2) is 29.0 Å². The predicted molar refractivity (Wildman–Crippen MR) is 67.9 cm³/mol. The van der Waals surface area contributed by atoms with Gasteiger partial charge in [0, 0.05) is 12.1 Å². The molecule has 0 bridgehead atoms. The Morgan fingerprint density at radius 1 is 0.842 bits per heavy atom. The molecule has 0 aromatic carbocycles. The van der Waals surface area contributed by atoms with Crippen molar-refractivity contribution in [2.45, 2.75) is 88.1 Å². The van der Waals surface area contributed by atoms with Gasteiger partial charge in [0.2, 0.25) is 0 Å². The lowest BCUT2D eigenvalue weighted by atomic mass is 9.81. The van der Waals surface area contributed by atoms with Gasteiger partial charge in [0.15, 0.2) is 5.60 Å². The molecule has 0 saturated heterocycles. The molecule has 0 unspecified atom stereocenters. The summed E-state index contributed by atoms with van der Waals surface area (Å²) >= 11 is 0. The molecule has 0 spiro atoms. The first kappa shape index (κ1) is 15.1. The van der Waals surface area contributed by atoms with Gasteiger partial charge in [-0.1, -0.05) is 25.7 Å². The largest absolute Gasteiger partial charge is 0.417 e. The number of hydrogen-bond acceptors (Lipinski definition) is 2. The molecule has 0 heterocycles. The van der Waals surface area contributed by atoms with Gasteiger partial charge in [-0.25, -0.2) is 0 Å². The molecule has 5 heteroatoms. The molecule has 0 aromatic rings. The summed E-state index contributed by atoms with van der Waals surface area (Å²) in [6, 6.07) is 0.607. The van der Waals surface area contributed by atoms with Gasteiger partial charge in [0.1, 0.15) is 0 Å². The van der Waals surface area contributed by atoms with Gasteiger partial charge in [-0.05, 0) is 38.5 Å². The van der Waals surface area contributed by atoms with Crippen LogP contribution in [0.4, 0.5) is 13.2 Å². The molecule has 0 aromatic heterocycles. The highest BCUT2D eigenvalue weighted by Gasteiger charge is 2.54. The smallest absolute Gasteiger partial charge is 0.380 e. The first-order valence-corrected chi connectivity index (χ1v) is 7.46. The Hall–Kier alpha value is -0.290. The Bertz CT molecular complexity index is 277. The zero-order chi connectivity index (χ0) is 13.9. The zero-order valence-corrected chi connectivity index (χ0v) is 11.3. The number of aliphatic hydroxyl groups is 1. The van der Waals surface area contributed by atoms with E-state index >= 15 is 0 Å². The number of alkyl halides is 3. The van der Waals surface area contributed by atoms with Crippen molar-refractivity contribution in [3.63, 3.8) is 0 Å². The zero-order valence-electron chi connectivity index (χ0n) is 11.3. The molecule has 2 nitrogen and oxygen atoms in total. The van der Waals surface area contributed by atoms with Crippen LogP contribution >= 0.6 is 0 Å². The van der Waals surface area contributed by atoms with E-state index < -0.39 is 11.8 Å². The second-order valence-corrected chi connectivity index (χ2v) is 6.16. The van der Waals surface area contributed by atoms with Crippen LogP contribution in [-0.2, 0) is 0 Å². The lowest BCUT2D eigenvalue weighted by Crippen LogP contribution is -2.51. The molecule has 0 aliphatic heterocycles. The second kappa shape index (κ2) is 6.00. The molecule has 2 N–H and O–H groups in total. The molecule has 0 atom stereocenters. The maximum atomic E-state index is 12.7. The Morgan fingerprint density at radius 2 is 1.32 bits per heavy atom.